The summed E-state index contributed by atoms with van der Waals surface area (Å²) in [6.45, 7) is 7.99. The van der Waals surface area contributed by atoms with Crippen LogP contribution < -0.4 is 0 Å². The molecule has 0 unspecified atom stereocenters. The molecule has 0 bridgehead atoms. The second kappa shape index (κ2) is 5.23. The quantitative estimate of drug-likeness (QED) is 0.838. The Morgan fingerprint density at radius 1 is 1.67 bits per heavy atom. The average Bonchev–Trinajstić information content (AvgIpc) is 2.61. The molecule has 0 atom stereocenters. The van der Waals surface area contributed by atoms with E-state index in [9.17, 15) is 4.79 Å². The molecule has 84 valence electrons. The SMILES string of the molecule is CCN(Cc1csc(C(=O)O)n1)C(C)C. The third-order valence-corrected chi connectivity index (χ3v) is 3.12. The number of carboxylic acid groups (broad SMARTS) is 1. The molecule has 0 aliphatic rings. The molecular formula is C10H16N2O2S. The van der Waals surface area contributed by atoms with Crippen molar-refractivity contribution in [2.24, 2.45) is 0 Å². The molecule has 0 fully saturated rings. The molecule has 1 N–H and O–H groups in total. The van der Waals surface area contributed by atoms with E-state index in [1.54, 1.807) is 0 Å². The van der Waals surface area contributed by atoms with Crippen LogP contribution in [-0.2, 0) is 6.54 Å². The van der Waals surface area contributed by atoms with Gasteiger partial charge in [-0.15, -0.1) is 11.3 Å². The first-order valence-corrected chi connectivity index (χ1v) is 5.84. The van der Waals surface area contributed by atoms with Crippen molar-refractivity contribution in [1.82, 2.24) is 9.88 Å². The van der Waals surface area contributed by atoms with E-state index in [-0.39, 0.29) is 5.01 Å². The molecule has 0 saturated heterocycles. The first-order valence-electron chi connectivity index (χ1n) is 4.96. The molecule has 1 rings (SSSR count). The van der Waals surface area contributed by atoms with Crippen LogP contribution in [0.2, 0.25) is 0 Å². The van der Waals surface area contributed by atoms with Crippen LogP contribution in [-0.4, -0.2) is 33.5 Å². The van der Waals surface area contributed by atoms with Gasteiger partial charge < -0.3 is 5.11 Å². The lowest BCUT2D eigenvalue weighted by Crippen LogP contribution is -2.30. The Morgan fingerprint density at radius 3 is 2.73 bits per heavy atom. The summed E-state index contributed by atoms with van der Waals surface area (Å²) in [4.78, 5) is 16.9. The first-order chi connectivity index (χ1) is 7.04. The van der Waals surface area contributed by atoms with Gasteiger partial charge in [0, 0.05) is 18.0 Å². The number of aromatic carboxylic acids is 1. The second-order valence-corrected chi connectivity index (χ2v) is 4.46. The Labute approximate surface area is 93.6 Å². The van der Waals surface area contributed by atoms with Gasteiger partial charge in [0.15, 0.2) is 0 Å². The molecule has 0 aliphatic carbocycles. The molecule has 0 amide bonds. The Balaban J connectivity index is 2.67. The summed E-state index contributed by atoms with van der Waals surface area (Å²) in [6, 6.07) is 0.449. The zero-order chi connectivity index (χ0) is 11.4. The minimum absolute atomic E-state index is 0.171. The van der Waals surface area contributed by atoms with Gasteiger partial charge in [0.25, 0.3) is 0 Å². The number of carboxylic acids is 1. The minimum Gasteiger partial charge on any atom is -0.476 e. The van der Waals surface area contributed by atoms with Crippen LogP contribution in [0.5, 0.6) is 0 Å². The highest BCUT2D eigenvalue weighted by Gasteiger charge is 2.12. The fraction of sp³-hybridized carbons (Fsp3) is 0.600. The monoisotopic (exact) mass is 228 g/mol. The van der Waals surface area contributed by atoms with E-state index in [1.807, 2.05) is 5.38 Å². The van der Waals surface area contributed by atoms with Gasteiger partial charge in [0.2, 0.25) is 5.01 Å². The maximum absolute atomic E-state index is 10.6. The van der Waals surface area contributed by atoms with E-state index >= 15 is 0 Å². The van der Waals surface area contributed by atoms with Crippen LogP contribution in [0.15, 0.2) is 5.38 Å². The number of thiazole rings is 1. The van der Waals surface area contributed by atoms with Gasteiger partial charge in [-0.05, 0) is 20.4 Å². The number of hydrogen-bond donors (Lipinski definition) is 1. The predicted octanol–water partition coefficient (Wildman–Crippen LogP) is 2.07. The van der Waals surface area contributed by atoms with Gasteiger partial charge in [0.05, 0.1) is 5.69 Å². The molecule has 0 aliphatic heterocycles. The van der Waals surface area contributed by atoms with E-state index in [1.165, 1.54) is 11.3 Å². The summed E-state index contributed by atoms with van der Waals surface area (Å²) in [7, 11) is 0. The van der Waals surface area contributed by atoms with Crippen LogP contribution in [0.4, 0.5) is 0 Å². The molecule has 0 aromatic carbocycles. The Kier molecular flexibility index (Phi) is 4.23. The van der Waals surface area contributed by atoms with Gasteiger partial charge in [0.1, 0.15) is 0 Å². The largest absolute Gasteiger partial charge is 0.476 e. The topological polar surface area (TPSA) is 53.4 Å². The molecule has 0 spiro atoms. The summed E-state index contributed by atoms with van der Waals surface area (Å²) >= 11 is 1.18. The van der Waals surface area contributed by atoms with Crippen molar-refractivity contribution in [3.05, 3.63) is 16.1 Å². The average molecular weight is 228 g/mol. The maximum Gasteiger partial charge on any atom is 0.365 e. The van der Waals surface area contributed by atoms with Crippen LogP contribution in [0.25, 0.3) is 0 Å². The molecule has 4 nitrogen and oxygen atoms in total. The summed E-state index contributed by atoms with van der Waals surface area (Å²) in [5.74, 6) is -0.946. The normalized spacial score (nSPS) is 11.3. The highest BCUT2D eigenvalue weighted by Crippen LogP contribution is 2.13. The zero-order valence-electron chi connectivity index (χ0n) is 9.23. The fourth-order valence-electron chi connectivity index (χ4n) is 1.35. The van der Waals surface area contributed by atoms with Gasteiger partial charge in [-0.1, -0.05) is 6.92 Å². The van der Waals surface area contributed by atoms with Gasteiger partial charge in [-0.25, -0.2) is 9.78 Å². The number of aromatic nitrogens is 1. The lowest BCUT2D eigenvalue weighted by atomic mass is 10.3. The zero-order valence-corrected chi connectivity index (χ0v) is 10.0. The highest BCUT2D eigenvalue weighted by atomic mass is 32.1. The van der Waals surface area contributed by atoms with Gasteiger partial charge in [-0.2, -0.15) is 0 Å². The second-order valence-electron chi connectivity index (χ2n) is 3.61. The van der Waals surface area contributed by atoms with Crippen molar-refractivity contribution < 1.29 is 9.90 Å². The molecule has 0 saturated carbocycles. The van der Waals surface area contributed by atoms with E-state index in [4.69, 9.17) is 5.11 Å². The van der Waals surface area contributed by atoms with Crippen molar-refractivity contribution in [2.45, 2.75) is 33.4 Å². The maximum atomic E-state index is 10.6. The van der Waals surface area contributed by atoms with Gasteiger partial charge in [-0.3, -0.25) is 4.90 Å². The lowest BCUT2D eigenvalue weighted by molar-refractivity contribution is 0.0696. The van der Waals surface area contributed by atoms with Crippen molar-refractivity contribution in [1.29, 1.82) is 0 Å². The molecule has 1 aromatic heterocycles. The van der Waals surface area contributed by atoms with E-state index < -0.39 is 5.97 Å². The number of nitrogens with zero attached hydrogens (tertiary/aromatic N) is 2. The van der Waals surface area contributed by atoms with Crippen LogP contribution in [0.1, 0.15) is 36.3 Å². The lowest BCUT2D eigenvalue weighted by Gasteiger charge is -2.23. The van der Waals surface area contributed by atoms with Crippen LogP contribution in [0, 0.1) is 0 Å². The summed E-state index contributed by atoms with van der Waals surface area (Å²) in [5, 5.41) is 10.7. The molecule has 1 aromatic rings. The molecule has 1 heterocycles. The van der Waals surface area contributed by atoms with Crippen molar-refractivity contribution >= 4 is 17.3 Å². The number of rotatable bonds is 5. The van der Waals surface area contributed by atoms with Crippen LogP contribution in [0.3, 0.4) is 0 Å². The summed E-state index contributed by atoms with van der Waals surface area (Å²) in [6.07, 6.45) is 0. The van der Waals surface area contributed by atoms with Crippen LogP contribution >= 0.6 is 11.3 Å². The minimum atomic E-state index is -0.946. The van der Waals surface area contributed by atoms with Crippen molar-refractivity contribution in [2.75, 3.05) is 6.54 Å². The third kappa shape index (κ3) is 3.28. The predicted molar refractivity (Wildman–Crippen MR) is 60.3 cm³/mol. The van der Waals surface area contributed by atoms with Crippen molar-refractivity contribution in [3.8, 4) is 0 Å². The smallest absolute Gasteiger partial charge is 0.365 e. The summed E-state index contributed by atoms with van der Waals surface area (Å²) < 4.78 is 0. The Hall–Kier alpha value is -0.940. The number of hydrogen-bond acceptors (Lipinski definition) is 4. The third-order valence-electron chi connectivity index (χ3n) is 2.24. The standard InChI is InChI=1S/C10H16N2O2S/c1-4-12(7(2)3)5-8-6-15-9(11-8)10(13)14/h6-7H,4-5H2,1-3H3,(H,13,14). The van der Waals surface area contributed by atoms with Crippen molar-refractivity contribution in [3.63, 3.8) is 0 Å². The molecular weight excluding hydrogens is 212 g/mol. The highest BCUT2D eigenvalue weighted by molar-refractivity contribution is 7.11. The molecule has 5 heteroatoms. The Bertz CT molecular complexity index is 336. The molecule has 15 heavy (non-hydrogen) atoms. The van der Waals surface area contributed by atoms with Gasteiger partial charge >= 0.3 is 5.97 Å². The first kappa shape index (κ1) is 12.1. The summed E-state index contributed by atoms with van der Waals surface area (Å²) in [5.41, 5.74) is 0.841. The van der Waals surface area contributed by atoms with E-state index in [2.05, 4.69) is 30.7 Å². The molecule has 0 radical (unpaired) electrons. The fourth-order valence-corrected chi connectivity index (χ4v) is 1.99. The number of carbonyl (C=O) groups is 1. The Morgan fingerprint density at radius 2 is 2.33 bits per heavy atom. The van der Waals surface area contributed by atoms with E-state index in [0.717, 1.165) is 18.8 Å². The van der Waals surface area contributed by atoms with E-state index in [0.29, 0.717) is 6.04 Å².